The Hall–Kier alpha value is -1.18. The maximum atomic E-state index is 12.4. The van der Waals surface area contributed by atoms with Crippen molar-refractivity contribution in [3.8, 4) is 5.88 Å². The lowest BCUT2D eigenvalue weighted by atomic mass is 9.82. The number of hydrogen-bond acceptors (Lipinski definition) is 5. The zero-order chi connectivity index (χ0) is 15.5. The summed E-state index contributed by atoms with van der Waals surface area (Å²) in [7, 11) is 1.50. The minimum Gasteiger partial charge on any atom is -0.481 e. The number of halogens is 1. The standard InChI is InChI=1S/C14H19BrN2O4/c1-14(19,9-3-5-21-6-4-9)13(18)16-10-7-11(15)17-12(8-10)20-2/h7-9,19H,3-6H2,1-2H3,(H,16,17,18)/t14-/m1/s1. The summed E-state index contributed by atoms with van der Waals surface area (Å²) in [5.41, 5.74) is -0.918. The van der Waals surface area contributed by atoms with E-state index in [1.165, 1.54) is 7.11 Å². The average molecular weight is 359 g/mol. The maximum absolute atomic E-state index is 12.4. The Kier molecular flexibility index (Phi) is 5.18. The predicted octanol–water partition coefficient (Wildman–Crippen LogP) is 1.97. The molecule has 0 aliphatic carbocycles. The van der Waals surface area contributed by atoms with Gasteiger partial charge in [-0.3, -0.25) is 4.79 Å². The molecule has 0 radical (unpaired) electrons. The van der Waals surface area contributed by atoms with Gasteiger partial charge in [-0.15, -0.1) is 0 Å². The summed E-state index contributed by atoms with van der Waals surface area (Å²) in [6, 6.07) is 3.25. The number of rotatable bonds is 4. The van der Waals surface area contributed by atoms with Gasteiger partial charge in [-0.25, -0.2) is 4.98 Å². The first-order valence-corrected chi connectivity index (χ1v) is 7.56. The van der Waals surface area contributed by atoms with Crippen LogP contribution in [0.15, 0.2) is 16.7 Å². The lowest BCUT2D eigenvalue weighted by molar-refractivity contribution is -0.141. The molecule has 1 aliphatic heterocycles. The van der Waals surface area contributed by atoms with Crippen LogP contribution in [-0.2, 0) is 9.53 Å². The molecule has 1 aliphatic rings. The molecule has 0 saturated carbocycles. The smallest absolute Gasteiger partial charge is 0.256 e. The number of methoxy groups -OCH3 is 1. The van der Waals surface area contributed by atoms with E-state index in [1.54, 1.807) is 19.1 Å². The fourth-order valence-electron chi connectivity index (χ4n) is 2.35. The Balaban J connectivity index is 2.11. The van der Waals surface area contributed by atoms with Crippen molar-refractivity contribution in [2.24, 2.45) is 5.92 Å². The van der Waals surface area contributed by atoms with E-state index in [0.717, 1.165) is 0 Å². The van der Waals surface area contributed by atoms with Gasteiger partial charge in [0, 0.05) is 30.9 Å². The molecule has 6 nitrogen and oxygen atoms in total. The highest BCUT2D eigenvalue weighted by atomic mass is 79.9. The van der Waals surface area contributed by atoms with E-state index in [1.807, 2.05) is 0 Å². The molecule has 7 heteroatoms. The van der Waals surface area contributed by atoms with Crippen molar-refractivity contribution in [3.63, 3.8) is 0 Å². The molecular weight excluding hydrogens is 340 g/mol. The molecule has 1 atom stereocenters. The minimum absolute atomic E-state index is 0.113. The van der Waals surface area contributed by atoms with Crippen LogP contribution in [0.1, 0.15) is 19.8 Å². The first-order chi connectivity index (χ1) is 9.93. The Morgan fingerprint density at radius 3 is 2.81 bits per heavy atom. The predicted molar refractivity (Wildman–Crippen MR) is 81.3 cm³/mol. The topological polar surface area (TPSA) is 80.7 Å². The third-order valence-electron chi connectivity index (χ3n) is 3.71. The summed E-state index contributed by atoms with van der Waals surface area (Å²) in [6.45, 7) is 2.69. The summed E-state index contributed by atoms with van der Waals surface area (Å²) in [5.74, 6) is -0.168. The first-order valence-electron chi connectivity index (χ1n) is 6.76. The Morgan fingerprint density at radius 2 is 2.19 bits per heavy atom. The normalized spacial score (nSPS) is 18.9. The highest BCUT2D eigenvalue weighted by Gasteiger charge is 2.40. The summed E-state index contributed by atoms with van der Waals surface area (Å²) in [6.07, 6.45) is 1.34. The molecule has 0 aromatic carbocycles. The van der Waals surface area contributed by atoms with Gasteiger partial charge >= 0.3 is 0 Å². The third kappa shape index (κ3) is 3.93. The number of ether oxygens (including phenoxy) is 2. The highest BCUT2D eigenvalue weighted by Crippen LogP contribution is 2.29. The third-order valence-corrected chi connectivity index (χ3v) is 4.12. The van der Waals surface area contributed by atoms with Gasteiger partial charge in [0.2, 0.25) is 5.88 Å². The van der Waals surface area contributed by atoms with Crippen LogP contribution in [0.25, 0.3) is 0 Å². The molecule has 21 heavy (non-hydrogen) atoms. The zero-order valence-electron chi connectivity index (χ0n) is 12.1. The van der Waals surface area contributed by atoms with Crippen LogP contribution in [0.5, 0.6) is 5.88 Å². The molecule has 0 spiro atoms. The van der Waals surface area contributed by atoms with Crippen molar-refractivity contribution in [1.82, 2.24) is 4.98 Å². The van der Waals surface area contributed by atoms with E-state index in [9.17, 15) is 9.90 Å². The van der Waals surface area contributed by atoms with Gasteiger partial charge in [0.05, 0.1) is 7.11 Å². The quantitative estimate of drug-likeness (QED) is 0.804. The second-order valence-electron chi connectivity index (χ2n) is 5.21. The van der Waals surface area contributed by atoms with E-state index >= 15 is 0 Å². The molecule has 0 bridgehead atoms. The fraction of sp³-hybridized carbons (Fsp3) is 0.571. The number of nitrogens with zero attached hydrogens (tertiary/aromatic N) is 1. The minimum atomic E-state index is -1.44. The van der Waals surface area contributed by atoms with E-state index in [-0.39, 0.29) is 5.92 Å². The van der Waals surface area contributed by atoms with Crippen LogP contribution in [0.3, 0.4) is 0 Å². The number of carbonyl (C=O) groups is 1. The zero-order valence-corrected chi connectivity index (χ0v) is 13.6. The lowest BCUT2D eigenvalue weighted by Crippen LogP contribution is -2.48. The van der Waals surface area contributed by atoms with Crippen LogP contribution >= 0.6 is 15.9 Å². The van der Waals surface area contributed by atoms with Crippen molar-refractivity contribution >= 4 is 27.5 Å². The van der Waals surface area contributed by atoms with Gasteiger partial charge in [-0.2, -0.15) is 0 Å². The van der Waals surface area contributed by atoms with E-state index in [2.05, 4.69) is 26.2 Å². The Bertz CT molecular complexity index is 516. The lowest BCUT2D eigenvalue weighted by Gasteiger charge is -2.34. The summed E-state index contributed by atoms with van der Waals surface area (Å²) in [5, 5.41) is 13.3. The number of aromatic nitrogens is 1. The van der Waals surface area contributed by atoms with Crippen molar-refractivity contribution in [2.75, 3.05) is 25.6 Å². The van der Waals surface area contributed by atoms with Crippen LogP contribution < -0.4 is 10.1 Å². The highest BCUT2D eigenvalue weighted by molar-refractivity contribution is 9.10. The van der Waals surface area contributed by atoms with Crippen molar-refractivity contribution < 1.29 is 19.4 Å². The van der Waals surface area contributed by atoms with Gasteiger partial charge in [-0.1, -0.05) is 0 Å². The fourth-order valence-corrected chi connectivity index (χ4v) is 2.77. The second-order valence-corrected chi connectivity index (χ2v) is 6.02. The molecule has 0 unspecified atom stereocenters. The van der Waals surface area contributed by atoms with Crippen molar-refractivity contribution in [3.05, 3.63) is 16.7 Å². The number of nitrogens with one attached hydrogen (secondary N) is 1. The second kappa shape index (κ2) is 6.72. The van der Waals surface area contributed by atoms with Crippen molar-refractivity contribution in [1.29, 1.82) is 0 Å². The molecule has 1 saturated heterocycles. The SMILES string of the molecule is COc1cc(NC(=O)[C@](C)(O)C2CCOCC2)cc(Br)n1. The Morgan fingerprint density at radius 1 is 1.52 bits per heavy atom. The van der Waals surface area contributed by atoms with Gasteiger partial charge in [-0.05, 0) is 41.8 Å². The largest absolute Gasteiger partial charge is 0.481 e. The number of anilines is 1. The molecular formula is C14H19BrN2O4. The first kappa shape index (κ1) is 16.2. The van der Waals surface area contributed by atoms with Crippen LogP contribution in [0.4, 0.5) is 5.69 Å². The van der Waals surface area contributed by atoms with E-state index in [4.69, 9.17) is 9.47 Å². The van der Waals surface area contributed by atoms with Crippen molar-refractivity contribution in [2.45, 2.75) is 25.4 Å². The summed E-state index contributed by atoms with van der Waals surface area (Å²) >= 11 is 3.25. The summed E-state index contributed by atoms with van der Waals surface area (Å²) < 4.78 is 10.9. The van der Waals surface area contributed by atoms with Gasteiger partial charge in [0.1, 0.15) is 10.2 Å². The van der Waals surface area contributed by atoms with E-state index in [0.29, 0.717) is 42.2 Å². The van der Waals surface area contributed by atoms with Crippen LogP contribution in [0, 0.1) is 5.92 Å². The number of amides is 1. The molecule has 1 aromatic heterocycles. The molecule has 2 heterocycles. The van der Waals surface area contributed by atoms with Crippen LogP contribution in [0.2, 0.25) is 0 Å². The average Bonchev–Trinajstić information content (AvgIpc) is 2.47. The number of pyridine rings is 1. The van der Waals surface area contributed by atoms with Crippen LogP contribution in [-0.4, -0.2) is 41.9 Å². The summed E-state index contributed by atoms with van der Waals surface area (Å²) in [4.78, 5) is 16.4. The van der Waals surface area contributed by atoms with Gasteiger partial charge < -0.3 is 19.9 Å². The number of carbonyl (C=O) groups excluding carboxylic acids is 1. The monoisotopic (exact) mass is 358 g/mol. The molecule has 1 aromatic rings. The molecule has 2 N–H and O–H groups in total. The molecule has 1 amide bonds. The number of hydrogen-bond donors (Lipinski definition) is 2. The molecule has 1 fully saturated rings. The molecule has 116 valence electrons. The number of aliphatic hydroxyl groups is 1. The van der Waals surface area contributed by atoms with Gasteiger partial charge in [0.15, 0.2) is 0 Å². The van der Waals surface area contributed by atoms with Gasteiger partial charge in [0.25, 0.3) is 5.91 Å². The maximum Gasteiger partial charge on any atom is 0.256 e. The van der Waals surface area contributed by atoms with E-state index < -0.39 is 11.5 Å². The Labute approximate surface area is 132 Å². The molecule has 2 rings (SSSR count).